The Bertz CT molecular complexity index is 1590. The summed E-state index contributed by atoms with van der Waals surface area (Å²) in [5.41, 5.74) is -0.268. The fraction of sp³-hybridized carbons (Fsp3) is 0.606. The van der Waals surface area contributed by atoms with Crippen LogP contribution in [0.25, 0.3) is 11.0 Å². The van der Waals surface area contributed by atoms with E-state index >= 15 is 0 Å². The Morgan fingerprint density at radius 3 is 2.06 bits per heavy atom. The Morgan fingerprint density at radius 2 is 1.45 bits per heavy atom. The van der Waals surface area contributed by atoms with E-state index in [0.29, 0.717) is 42.8 Å². The van der Waals surface area contributed by atoms with Gasteiger partial charge in [0.15, 0.2) is 5.52 Å². The lowest BCUT2D eigenvalue weighted by atomic mass is 9.75. The van der Waals surface area contributed by atoms with Gasteiger partial charge in [0, 0.05) is 37.5 Å². The van der Waals surface area contributed by atoms with Gasteiger partial charge in [0.1, 0.15) is 5.75 Å². The third kappa shape index (κ3) is 12.4. The van der Waals surface area contributed by atoms with Crippen molar-refractivity contribution in [1.82, 2.24) is 15.6 Å². The highest BCUT2D eigenvalue weighted by atomic mass is 31.2. The van der Waals surface area contributed by atoms with Crippen LogP contribution in [0.2, 0.25) is 0 Å². The molecule has 2 aromatic carbocycles. The van der Waals surface area contributed by atoms with E-state index in [2.05, 4.69) is 76.3 Å². The molecule has 0 saturated heterocycles. The van der Waals surface area contributed by atoms with Crippen molar-refractivity contribution in [2.24, 2.45) is 21.7 Å². The molecule has 3 aromatic rings. The van der Waals surface area contributed by atoms with Crippen LogP contribution in [0.15, 0.2) is 41.0 Å². The van der Waals surface area contributed by atoms with Crippen LogP contribution in [0.4, 0.5) is 21.9 Å². The second-order valence-electron chi connectivity index (χ2n) is 15.4. The molecule has 0 saturated carbocycles. The van der Waals surface area contributed by atoms with Gasteiger partial charge in [-0.1, -0.05) is 55.4 Å². The third-order valence-corrected chi connectivity index (χ3v) is 9.73. The number of alkyl carbamates (subject to hydrolysis) is 1. The van der Waals surface area contributed by atoms with Crippen LogP contribution in [0, 0.1) is 41.9 Å². The van der Waals surface area contributed by atoms with Gasteiger partial charge in [0.05, 0.1) is 28.7 Å². The number of nitro groups is 2. The summed E-state index contributed by atoms with van der Waals surface area (Å²) < 4.78 is 22.4. The fourth-order valence-corrected chi connectivity index (χ4v) is 7.93. The van der Waals surface area contributed by atoms with E-state index in [1.54, 1.807) is 18.2 Å². The first-order valence-electron chi connectivity index (χ1n) is 16.1. The van der Waals surface area contributed by atoms with Crippen molar-refractivity contribution in [2.75, 3.05) is 37.8 Å². The zero-order chi connectivity index (χ0) is 36.6. The summed E-state index contributed by atoms with van der Waals surface area (Å²) in [6.45, 7) is 20.2. The SMILES string of the molecule is CCOP(CC(C)(C)CC(C)(C)COC(=O)NCC(C)(C)CC(C)(C)CNc1ccc([N+](=O)[O-])c2nonc12)Oc1ccc([N+](=O)[O-])cc1. The van der Waals surface area contributed by atoms with E-state index in [1.165, 1.54) is 18.2 Å². The van der Waals surface area contributed by atoms with E-state index in [-0.39, 0.29) is 45.2 Å². The van der Waals surface area contributed by atoms with Crippen molar-refractivity contribution >= 4 is 42.6 Å². The highest BCUT2D eigenvalue weighted by Crippen LogP contribution is 2.48. The molecule has 1 aromatic heterocycles. The fourth-order valence-electron chi connectivity index (χ4n) is 6.27. The normalized spacial score (nSPS) is 13.2. The number of rotatable bonds is 19. The van der Waals surface area contributed by atoms with E-state index < -0.39 is 24.3 Å². The Balaban J connectivity index is 1.47. The first-order chi connectivity index (χ1) is 22.7. The molecule has 0 spiro atoms. The number of aromatic nitrogens is 2. The number of non-ortho nitro benzene ring substituents is 2. The Hall–Kier alpha value is -4.10. The number of benzene rings is 2. The lowest BCUT2D eigenvalue weighted by molar-refractivity contribution is -0.384. The largest absolute Gasteiger partial charge is 0.449 e. The number of carbonyl (C=O) groups is 1. The summed E-state index contributed by atoms with van der Waals surface area (Å²) in [5.74, 6) is 0.512. The van der Waals surface area contributed by atoms with Crippen LogP contribution < -0.4 is 15.2 Å². The van der Waals surface area contributed by atoms with Gasteiger partial charge in [0.2, 0.25) is 13.9 Å². The number of ether oxygens (including phenoxy) is 1. The van der Waals surface area contributed by atoms with Gasteiger partial charge in [0.25, 0.3) is 5.69 Å². The average Bonchev–Trinajstić information content (AvgIpc) is 3.47. The van der Waals surface area contributed by atoms with Crippen LogP contribution in [0.3, 0.4) is 0 Å². The lowest BCUT2D eigenvalue weighted by Gasteiger charge is -2.36. The number of fused-ring (bicyclic) bond motifs is 1. The highest BCUT2D eigenvalue weighted by molar-refractivity contribution is 7.47. The number of nitrogens with zero attached hydrogens (tertiary/aromatic N) is 4. The molecule has 15 nitrogen and oxygen atoms in total. The molecule has 1 amide bonds. The summed E-state index contributed by atoms with van der Waals surface area (Å²) in [6.07, 6.45) is 1.60. The van der Waals surface area contributed by atoms with Crippen LogP contribution in [0.5, 0.6) is 5.75 Å². The quantitative estimate of drug-likeness (QED) is 0.0687. The van der Waals surface area contributed by atoms with E-state index in [4.69, 9.17) is 18.4 Å². The smallest absolute Gasteiger partial charge is 0.407 e. The molecule has 0 aliphatic heterocycles. The summed E-state index contributed by atoms with van der Waals surface area (Å²) in [4.78, 5) is 34.1. The number of amides is 1. The van der Waals surface area contributed by atoms with Crippen molar-refractivity contribution in [3.05, 3.63) is 56.6 Å². The maximum absolute atomic E-state index is 12.8. The molecule has 1 unspecified atom stereocenters. The van der Waals surface area contributed by atoms with Gasteiger partial charge in [-0.3, -0.25) is 20.2 Å². The van der Waals surface area contributed by atoms with E-state index in [1.807, 2.05) is 6.92 Å². The molecule has 0 radical (unpaired) electrons. The van der Waals surface area contributed by atoms with Gasteiger partial charge in [-0.05, 0) is 69.9 Å². The van der Waals surface area contributed by atoms with Crippen molar-refractivity contribution < 1.29 is 33.1 Å². The second kappa shape index (κ2) is 16.1. The Kier molecular flexibility index (Phi) is 12.9. The number of nitro benzene ring substituents is 2. The molecule has 1 heterocycles. The first kappa shape index (κ1) is 39.3. The molecule has 16 heteroatoms. The van der Waals surface area contributed by atoms with Gasteiger partial charge in [-0.15, -0.1) is 0 Å². The van der Waals surface area contributed by atoms with Gasteiger partial charge >= 0.3 is 11.8 Å². The average molecular weight is 705 g/mol. The molecule has 0 fully saturated rings. The van der Waals surface area contributed by atoms with Crippen LogP contribution in [-0.4, -0.2) is 58.7 Å². The molecule has 2 N–H and O–H groups in total. The highest BCUT2D eigenvalue weighted by Gasteiger charge is 2.35. The third-order valence-electron chi connectivity index (χ3n) is 7.65. The maximum atomic E-state index is 12.8. The van der Waals surface area contributed by atoms with Crippen molar-refractivity contribution in [1.29, 1.82) is 0 Å². The van der Waals surface area contributed by atoms with Gasteiger partial charge in [-0.2, -0.15) is 0 Å². The number of carbonyl (C=O) groups excluding carboxylic acids is 1. The number of anilines is 1. The van der Waals surface area contributed by atoms with Crippen LogP contribution in [-0.2, 0) is 9.26 Å². The molecular formula is C33H49N6O9P. The van der Waals surface area contributed by atoms with E-state index in [0.717, 1.165) is 12.8 Å². The summed E-state index contributed by atoms with van der Waals surface area (Å²) in [7, 11) is -1.31. The molecule has 270 valence electrons. The van der Waals surface area contributed by atoms with Crippen LogP contribution >= 0.6 is 8.38 Å². The van der Waals surface area contributed by atoms with Crippen LogP contribution in [0.1, 0.15) is 75.2 Å². The zero-order valence-corrected chi connectivity index (χ0v) is 30.7. The molecular weight excluding hydrogens is 655 g/mol. The summed E-state index contributed by atoms with van der Waals surface area (Å²) in [6, 6.07) is 8.94. The standard InChI is InChI=1S/C33H49N6O9P/c1-10-46-49(47-24-13-11-23(12-14-24)38(41)42)22-33(8,9)18-32(6,7)21-45-29(40)35-20-31(4,5)17-30(2,3)19-34-25-15-16-26(39(43)44)28-27(25)36-48-37-28/h11-16,34H,10,17-22H2,1-9H3,(H,35,40). The van der Waals surface area contributed by atoms with Crippen molar-refractivity contribution in [3.63, 3.8) is 0 Å². The second-order valence-corrected chi connectivity index (χ2v) is 16.8. The van der Waals surface area contributed by atoms with Gasteiger partial charge in [-0.25, -0.2) is 9.42 Å². The van der Waals surface area contributed by atoms with Crippen molar-refractivity contribution in [2.45, 2.75) is 75.2 Å². The molecule has 1 atom stereocenters. The topological polar surface area (TPSA) is 194 Å². The zero-order valence-electron chi connectivity index (χ0n) is 29.8. The summed E-state index contributed by atoms with van der Waals surface area (Å²) >= 11 is 0. The Morgan fingerprint density at radius 1 is 0.837 bits per heavy atom. The monoisotopic (exact) mass is 704 g/mol. The predicted octanol–water partition coefficient (Wildman–Crippen LogP) is 8.49. The molecule has 0 aliphatic rings. The van der Waals surface area contributed by atoms with Crippen molar-refractivity contribution in [3.8, 4) is 5.75 Å². The Labute approximate surface area is 288 Å². The maximum Gasteiger partial charge on any atom is 0.407 e. The predicted molar refractivity (Wildman–Crippen MR) is 188 cm³/mol. The molecule has 3 rings (SSSR count). The molecule has 49 heavy (non-hydrogen) atoms. The number of nitrogens with one attached hydrogen (secondary N) is 2. The molecule has 0 aliphatic carbocycles. The minimum Gasteiger partial charge on any atom is -0.449 e. The lowest BCUT2D eigenvalue weighted by Crippen LogP contribution is -2.39. The molecule has 0 bridgehead atoms. The minimum atomic E-state index is -1.31. The summed E-state index contributed by atoms with van der Waals surface area (Å²) in [5, 5.41) is 36.0. The van der Waals surface area contributed by atoms with E-state index in [9.17, 15) is 25.0 Å². The van der Waals surface area contributed by atoms with Gasteiger partial charge < -0.3 is 24.4 Å². The number of hydrogen-bond donors (Lipinski definition) is 2. The number of hydrogen-bond acceptors (Lipinski definition) is 12. The first-order valence-corrected chi connectivity index (χ1v) is 17.4. The minimum absolute atomic E-state index is 0.00601.